The van der Waals surface area contributed by atoms with Crippen LogP contribution in [0, 0.1) is 5.92 Å². The second-order valence-electron chi connectivity index (χ2n) is 5.71. The minimum atomic E-state index is 0.240. The average molecular weight is 265 g/mol. The zero-order valence-electron chi connectivity index (χ0n) is 11.6. The molecule has 0 aromatic carbocycles. The van der Waals surface area contributed by atoms with Crippen molar-refractivity contribution in [3.05, 3.63) is 11.7 Å². The highest BCUT2D eigenvalue weighted by Gasteiger charge is 2.28. The predicted molar refractivity (Wildman–Crippen MR) is 70.9 cm³/mol. The average Bonchev–Trinajstić information content (AvgIpc) is 2.98. The quantitative estimate of drug-likeness (QED) is 0.909. The first kappa shape index (κ1) is 13.1. The maximum atomic E-state index is 5.49. The van der Waals surface area contributed by atoms with E-state index < -0.39 is 0 Å². The van der Waals surface area contributed by atoms with Gasteiger partial charge in [-0.05, 0) is 38.1 Å². The third-order valence-corrected chi connectivity index (χ3v) is 4.37. The Morgan fingerprint density at radius 1 is 1.37 bits per heavy atom. The third-order valence-electron chi connectivity index (χ3n) is 4.37. The van der Waals surface area contributed by atoms with Crippen LogP contribution in [0.2, 0.25) is 0 Å². The standard InChI is InChI=1S/C14H23N3O2/c1-2-10-5-6-15-12(8-10)14-16-13(17-19-14)11-4-3-7-18-9-11/h10-12,15H,2-9H2,1H3. The lowest BCUT2D eigenvalue weighted by molar-refractivity contribution is 0.0773. The van der Waals surface area contributed by atoms with Gasteiger partial charge in [0.15, 0.2) is 5.82 Å². The van der Waals surface area contributed by atoms with Gasteiger partial charge in [-0.3, -0.25) is 0 Å². The van der Waals surface area contributed by atoms with E-state index in [4.69, 9.17) is 9.26 Å². The number of hydrogen-bond donors (Lipinski definition) is 1. The van der Waals surface area contributed by atoms with Crippen molar-refractivity contribution < 1.29 is 9.26 Å². The molecule has 0 spiro atoms. The Kier molecular flexibility index (Phi) is 4.13. The van der Waals surface area contributed by atoms with E-state index in [1.165, 1.54) is 12.8 Å². The monoisotopic (exact) mass is 265 g/mol. The molecule has 5 heteroatoms. The van der Waals surface area contributed by atoms with Crippen molar-refractivity contribution in [1.82, 2.24) is 15.5 Å². The molecule has 5 nitrogen and oxygen atoms in total. The summed E-state index contributed by atoms with van der Waals surface area (Å²) in [4.78, 5) is 4.61. The van der Waals surface area contributed by atoms with Crippen LogP contribution in [0.5, 0.6) is 0 Å². The van der Waals surface area contributed by atoms with Gasteiger partial charge in [0.05, 0.1) is 12.6 Å². The highest BCUT2D eigenvalue weighted by atomic mass is 16.5. The Morgan fingerprint density at radius 3 is 3.11 bits per heavy atom. The van der Waals surface area contributed by atoms with E-state index in [1.807, 2.05) is 0 Å². The Balaban J connectivity index is 1.66. The predicted octanol–water partition coefficient (Wildman–Crippen LogP) is 2.41. The molecule has 0 saturated carbocycles. The summed E-state index contributed by atoms with van der Waals surface area (Å²) < 4.78 is 11.0. The molecule has 106 valence electrons. The van der Waals surface area contributed by atoms with Crippen LogP contribution in [-0.4, -0.2) is 29.9 Å². The summed E-state index contributed by atoms with van der Waals surface area (Å²) in [7, 11) is 0. The third kappa shape index (κ3) is 2.98. The second kappa shape index (κ2) is 6.01. The van der Waals surface area contributed by atoms with E-state index in [-0.39, 0.29) is 6.04 Å². The van der Waals surface area contributed by atoms with Crippen LogP contribution in [0.3, 0.4) is 0 Å². The number of piperidine rings is 1. The van der Waals surface area contributed by atoms with Crippen LogP contribution in [-0.2, 0) is 4.74 Å². The molecule has 2 fully saturated rings. The van der Waals surface area contributed by atoms with Gasteiger partial charge in [-0.2, -0.15) is 4.98 Å². The summed E-state index contributed by atoms with van der Waals surface area (Å²) in [6, 6.07) is 0.240. The SMILES string of the molecule is CCC1CCNC(c2nc(C3CCCOC3)no2)C1. The molecular formula is C14H23N3O2. The molecule has 0 bridgehead atoms. The molecule has 3 atom stereocenters. The van der Waals surface area contributed by atoms with E-state index in [1.54, 1.807) is 0 Å². The molecule has 19 heavy (non-hydrogen) atoms. The maximum Gasteiger partial charge on any atom is 0.243 e. The van der Waals surface area contributed by atoms with E-state index in [0.29, 0.717) is 5.92 Å². The number of ether oxygens (including phenoxy) is 1. The zero-order valence-corrected chi connectivity index (χ0v) is 11.6. The van der Waals surface area contributed by atoms with Crippen LogP contribution in [0.25, 0.3) is 0 Å². The van der Waals surface area contributed by atoms with Gasteiger partial charge in [0.1, 0.15) is 0 Å². The summed E-state index contributed by atoms with van der Waals surface area (Å²) in [6.45, 7) is 4.90. The lowest BCUT2D eigenvalue weighted by atomic mass is 9.90. The first-order chi connectivity index (χ1) is 9.36. The van der Waals surface area contributed by atoms with Crippen molar-refractivity contribution in [2.45, 2.75) is 51.0 Å². The largest absolute Gasteiger partial charge is 0.381 e. The number of nitrogens with one attached hydrogen (secondary N) is 1. The molecule has 1 aromatic heterocycles. The van der Waals surface area contributed by atoms with Crippen molar-refractivity contribution in [2.24, 2.45) is 5.92 Å². The summed E-state index contributed by atoms with van der Waals surface area (Å²) in [5.74, 6) is 2.69. The summed E-state index contributed by atoms with van der Waals surface area (Å²) in [6.07, 6.45) is 5.79. The first-order valence-electron chi connectivity index (χ1n) is 7.51. The molecule has 1 aromatic rings. The first-order valence-corrected chi connectivity index (χ1v) is 7.51. The molecule has 2 saturated heterocycles. The summed E-state index contributed by atoms with van der Waals surface area (Å²) >= 11 is 0. The highest BCUT2D eigenvalue weighted by Crippen LogP contribution is 2.30. The number of nitrogens with zero attached hydrogens (tertiary/aromatic N) is 2. The van der Waals surface area contributed by atoms with Gasteiger partial charge in [0.2, 0.25) is 5.89 Å². The van der Waals surface area contributed by atoms with E-state index in [2.05, 4.69) is 22.4 Å². The van der Waals surface area contributed by atoms with Gasteiger partial charge in [-0.25, -0.2) is 0 Å². The normalized spacial score (nSPS) is 32.4. The fraction of sp³-hybridized carbons (Fsp3) is 0.857. The van der Waals surface area contributed by atoms with Gasteiger partial charge < -0.3 is 14.6 Å². The molecule has 3 unspecified atom stereocenters. The smallest absolute Gasteiger partial charge is 0.243 e. The Labute approximate surface area is 114 Å². The van der Waals surface area contributed by atoms with Crippen molar-refractivity contribution in [3.63, 3.8) is 0 Å². The number of rotatable bonds is 3. The zero-order chi connectivity index (χ0) is 13.1. The van der Waals surface area contributed by atoms with Crippen LogP contribution in [0.1, 0.15) is 62.7 Å². The van der Waals surface area contributed by atoms with Crippen molar-refractivity contribution >= 4 is 0 Å². The second-order valence-corrected chi connectivity index (χ2v) is 5.71. The van der Waals surface area contributed by atoms with Gasteiger partial charge in [0.25, 0.3) is 0 Å². The van der Waals surface area contributed by atoms with E-state index in [0.717, 1.165) is 56.7 Å². The lowest BCUT2D eigenvalue weighted by Crippen LogP contribution is -2.31. The van der Waals surface area contributed by atoms with Crippen LogP contribution < -0.4 is 5.32 Å². The van der Waals surface area contributed by atoms with Crippen LogP contribution in [0.15, 0.2) is 4.52 Å². The maximum absolute atomic E-state index is 5.49. The summed E-state index contributed by atoms with van der Waals surface area (Å²) in [5, 5.41) is 7.65. The minimum absolute atomic E-state index is 0.240. The van der Waals surface area contributed by atoms with Crippen molar-refractivity contribution in [2.75, 3.05) is 19.8 Å². The fourth-order valence-corrected chi connectivity index (χ4v) is 3.05. The van der Waals surface area contributed by atoms with Gasteiger partial charge in [0, 0.05) is 12.5 Å². The van der Waals surface area contributed by atoms with Gasteiger partial charge in [-0.15, -0.1) is 0 Å². The Hall–Kier alpha value is -0.940. The molecule has 3 rings (SSSR count). The molecule has 2 aliphatic rings. The fourth-order valence-electron chi connectivity index (χ4n) is 3.05. The van der Waals surface area contributed by atoms with E-state index >= 15 is 0 Å². The molecule has 0 amide bonds. The minimum Gasteiger partial charge on any atom is -0.381 e. The molecule has 1 N–H and O–H groups in total. The Bertz CT molecular complexity index is 401. The van der Waals surface area contributed by atoms with Crippen LogP contribution in [0.4, 0.5) is 0 Å². The van der Waals surface area contributed by atoms with Gasteiger partial charge >= 0.3 is 0 Å². The van der Waals surface area contributed by atoms with Gasteiger partial charge in [-0.1, -0.05) is 18.5 Å². The lowest BCUT2D eigenvalue weighted by Gasteiger charge is -2.27. The van der Waals surface area contributed by atoms with Crippen molar-refractivity contribution in [1.29, 1.82) is 0 Å². The number of aromatic nitrogens is 2. The molecule has 0 radical (unpaired) electrons. The molecule has 2 aliphatic heterocycles. The molecule has 3 heterocycles. The topological polar surface area (TPSA) is 60.2 Å². The highest BCUT2D eigenvalue weighted by molar-refractivity contribution is 5.00. The summed E-state index contributed by atoms with van der Waals surface area (Å²) in [5.41, 5.74) is 0. The molecule has 0 aliphatic carbocycles. The number of hydrogen-bond acceptors (Lipinski definition) is 5. The van der Waals surface area contributed by atoms with Crippen LogP contribution >= 0.6 is 0 Å². The van der Waals surface area contributed by atoms with Crippen molar-refractivity contribution in [3.8, 4) is 0 Å². The van der Waals surface area contributed by atoms with E-state index in [9.17, 15) is 0 Å². The molecular weight excluding hydrogens is 242 g/mol. The Morgan fingerprint density at radius 2 is 2.32 bits per heavy atom.